The minimum atomic E-state index is -1.72. The Morgan fingerprint density at radius 2 is 1.64 bits per heavy atom. The standard InChI is InChI=1S/C21H20Si.2ClH.Zr/c1-15-13-17-8-6-10-20(19(17)14-15)22(2,3)21-12-11-16-7-4-5-9-18(16)21;;;/h4-14H,1-3H3;2*1H;/q-2;;;+4/p-2. The van der Waals surface area contributed by atoms with Crippen molar-refractivity contribution in [2.24, 2.45) is 0 Å². The predicted molar refractivity (Wildman–Crippen MR) is 112 cm³/mol. The van der Waals surface area contributed by atoms with E-state index in [-0.39, 0.29) is 0 Å². The number of aryl methyl sites for hydroxylation is 1. The number of hydrogen-bond acceptors (Lipinski definition) is 0. The zero-order valence-corrected chi connectivity index (χ0v) is 19.6. The van der Waals surface area contributed by atoms with Crippen LogP contribution in [-0.2, 0) is 20.8 Å². The summed E-state index contributed by atoms with van der Waals surface area (Å²) in [6.07, 6.45) is 0. The molecule has 0 atom stereocenters. The van der Waals surface area contributed by atoms with E-state index in [9.17, 15) is 0 Å². The van der Waals surface area contributed by atoms with E-state index in [1.807, 2.05) is 0 Å². The van der Waals surface area contributed by atoms with Crippen molar-refractivity contribution in [3.8, 4) is 0 Å². The van der Waals surface area contributed by atoms with Gasteiger partial charge in [-0.05, 0) is 0 Å². The van der Waals surface area contributed by atoms with Gasteiger partial charge in [0.2, 0.25) is 0 Å². The molecule has 0 saturated carbocycles. The average Bonchev–Trinajstić information content (AvgIpc) is 3.17. The first-order chi connectivity index (χ1) is 12.0. The molecule has 4 rings (SSSR count). The Hall–Kier alpha value is -0.660. The van der Waals surface area contributed by atoms with Gasteiger partial charge in [0.25, 0.3) is 0 Å². The molecule has 0 fully saturated rings. The second kappa shape index (κ2) is 7.92. The van der Waals surface area contributed by atoms with Gasteiger partial charge in [0, 0.05) is 8.07 Å². The van der Waals surface area contributed by atoms with E-state index in [1.54, 1.807) is 10.4 Å². The van der Waals surface area contributed by atoms with Crippen molar-refractivity contribution in [3.63, 3.8) is 0 Å². The summed E-state index contributed by atoms with van der Waals surface area (Å²) in [5.41, 5.74) is 1.36. The number of rotatable bonds is 2. The van der Waals surface area contributed by atoms with Crippen LogP contribution in [0.1, 0.15) is 5.56 Å². The first kappa shape index (κ1) is 19.1. The molecule has 25 heavy (non-hydrogen) atoms. The molecule has 0 heterocycles. The maximum atomic E-state index is 4.93. The first-order valence-corrected chi connectivity index (χ1v) is 17.6. The molecule has 0 aliphatic heterocycles. The van der Waals surface area contributed by atoms with Crippen molar-refractivity contribution in [1.29, 1.82) is 0 Å². The quantitative estimate of drug-likeness (QED) is 0.256. The van der Waals surface area contributed by atoms with Crippen LogP contribution in [0.4, 0.5) is 0 Å². The number of hydrogen-bond donors (Lipinski definition) is 0. The molecular formula is C21H20Cl2SiZr. The summed E-state index contributed by atoms with van der Waals surface area (Å²) in [6, 6.07) is 24.8. The summed E-state index contributed by atoms with van der Waals surface area (Å²) in [4.78, 5) is 0. The Labute approximate surface area is 169 Å². The Bertz CT molecular complexity index is 997. The van der Waals surface area contributed by atoms with Gasteiger partial charge in [-0.1, -0.05) is 32.2 Å². The van der Waals surface area contributed by atoms with E-state index < -0.39 is 28.9 Å². The van der Waals surface area contributed by atoms with Crippen LogP contribution < -0.4 is 10.4 Å². The molecule has 0 aliphatic rings. The second-order valence-electron chi connectivity index (χ2n) is 6.87. The third-order valence-electron chi connectivity index (χ3n) is 4.92. The van der Waals surface area contributed by atoms with Crippen LogP contribution in [0.5, 0.6) is 0 Å². The van der Waals surface area contributed by atoms with Gasteiger partial charge >= 0.3 is 37.9 Å². The van der Waals surface area contributed by atoms with E-state index in [2.05, 4.69) is 86.7 Å². The van der Waals surface area contributed by atoms with Crippen molar-refractivity contribution in [2.75, 3.05) is 0 Å². The fourth-order valence-corrected chi connectivity index (χ4v) is 6.86. The molecule has 4 aromatic rings. The molecular weight excluding hydrogens is 442 g/mol. The molecule has 0 saturated heterocycles. The maximum absolute atomic E-state index is 4.93. The Morgan fingerprint density at radius 1 is 0.960 bits per heavy atom. The van der Waals surface area contributed by atoms with Crippen molar-refractivity contribution in [3.05, 3.63) is 72.3 Å². The van der Waals surface area contributed by atoms with Crippen molar-refractivity contribution < 1.29 is 20.8 Å². The molecule has 0 radical (unpaired) electrons. The van der Waals surface area contributed by atoms with E-state index in [0.29, 0.717) is 0 Å². The number of fused-ring (bicyclic) bond motifs is 2. The summed E-state index contributed by atoms with van der Waals surface area (Å²) >= 11 is -0.826. The van der Waals surface area contributed by atoms with Gasteiger partial charge in [-0.25, -0.2) is 0 Å². The minimum absolute atomic E-state index is 0.826. The molecule has 4 aromatic carbocycles. The zero-order valence-electron chi connectivity index (χ0n) is 14.6. The van der Waals surface area contributed by atoms with Gasteiger partial charge < -0.3 is 0 Å². The molecule has 0 aromatic heterocycles. The Balaban J connectivity index is 0.000000569. The fourth-order valence-electron chi connectivity index (χ4n) is 3.77. The van der Waals surface area contributed by atoms with Crippen molar-refractivity contribution >= 4 is 57.0 Å². The SMILES string of the molecule is Cc1cc2cccc([Si](C)(C)[c-]3ccc4ccccc43)c2[cH-]1.[Cl][Zr+2][Cl]. The Morgan fingerprint density at radius 3 is 2.40 bits per heavy atom. The fraction of sp³-hybridized carbons (Fsp3) is 0.143. The molecule has 0 spiro atoms. The van der Waals surface area contributed by atoms with Crippen LogP contribution in [-0.4, -0.2) is 8.07 Å². The topological polar surface area (TPSA) is 0 Å². The number of benzene rings is 2. The van der Waals surface area contributed by atoms with E-state index in [0.717, 1.165) is 0 Å². The summed E-state index contributed by atoms with van der Waals surface area (Å²) in [6.45, 7) is 7.15. The molecule has 0 amide bonds. The van der Waals surface area contributed by atoms with Crippen LogP contribution >= 0.6 is 17.0 Å². The van der Waals surface area contributed by atoms with Crippen molar-refractivity contribution in [1.82, 2.24) is 0 Å². The summed E-state index contributed by atoms with van der Waals surface area (Å²) in [5.74, 6) is 0. The monoisotopic (exact) mass is 460 g/mol. The van der Waals surface area contributed by atoms with E-state index in [1.165, 1.54) is 27.1 Å². The number of halogens is 2. The van der Waals surface area contributed by atoms with Gasteiger partial charge in [0.15, 0.2) is 0 Å². The van der Waals surface area contributed by atoms with Crippen molar-refractivity contribution in [2.45, 2.75) is 20.0 Å². The normalized spacial score (nSPS) is 11.2. The molecule has 0 aliphatic carbocycles. The molecule has 126 valence electrons. The van der Waals surface area contributed by atoms with Crippen LogP contribution in [0.2, 0.25) is 13.1 Å². The van der Waals surface area contributed by atoms with E-state index >= 15 is 0 Å². The van der Waals surface area contributed by atoms with Crippen LogP contribution in [0.15, 0.2) is 66.7 Å². The third kappa shape index (κ3) is 3.74. The van der Waals surface area contributed by atoms with Gasteiger partial charge in [0.1, 0.15) is 0 Å². The van der Waals surface area contributed by atoms with Gasteiger partial charge in [-0.3, -0.25) is 0 Å². The predicted octanol–water partition coefficient (Wildman–Crippen LogP) is 5.94. The molecule has 0 unspecified atom stereocenters. The molecule has 0 nitrogen and oxygen atoms in total. The summed E-state index contributed by atoms with van der Waals surface area (Å²) in [7, 11) is 8.15. The average molecular weight is 463 g/mol. The van der Waals surface area contributed by atoms with Crippen LogP contribution in [0.3, 0.4) is 0 Å². The second-order valence-corrected chi connectivity index (χ2v) is 14.9. The van der Waals surface area contributed by atoms with Crippen LogP contribution in [0.25, 0.3) is 21.5 Å². The van der Waals surface area contributed by atoms with Gasteiger partial charge in [-0.2, -0.15) is 18.2 Å². The molecule has 0 bridgehead atoms. The van der Waals surface area contributed by atoms with Crippen LogP contribution in [0, 0.1) is 6.92 Å². The summed E-state index contributed by atoms with van der Waals surface area (Å²) in [5, 5.41) is 8.72. The third-order valence-corrected chi connectivity index (χ3v) is 8.49. The van der Waals surface area contributed by atoms with E-state index in [4.69, 9.17) is 17.0 Å². The molecule has 4 heteroatoms. The summed E-state index contributed by atoms with van der Waals surface area (Å²) < 4.78 is 0. The zero-order chi connectivity index (χ0) is 18.0. The molecule has 0 N–H and O–H groups in total. The van der Waals surface area contributed by atoms with Gasteiger partial charge in [-0.15, -0.1) is 73.9 Å². The first-order valence-electron chi connectivity index (χ1n) is 8.26. The van der Waals surface area contributed by atoms with Gasteiger partial charge in [0.05, 0.1) is 0 Å². The Kier molecular flexibility index (Phi) is 6.06.